The van der Waals surface area contributed by atoms with E-state index < -0.39 is 0 Å². The predicted molar refractivity (Wildman–Crippen MR) is 84.1 cm³/mol. The second-order valence-electron chi connectivity index (χ2n) is 4.92. The summed E-state index contributed by atoms with van der Waals surface area (Å²) in [4.78, 5) is 12.0. The van der Waals surface area contributed by atoms with Gasteiger partial charge in [0.2, 0.25) is 0 Å². The lowest BCUT2D eigenvalue weighted by Gasteiger charge is -2.13. The van der Waals surface area contributed by atoms with Crippen molar-refractivity contribution in [1.29, 1.82) is 0 Å². The molecule has 2 aromatic heterocycles. The SMILES string of the molecule is Cc1c(C(C)NC(=O)c2csnn2)cnn1-c1ccccc1. The van der Waals surface area contributed by atoms with Crippen LogP contribution in [-0.4, -0.2) is 25.3 Å². The van der Waals surface area contributed by atoms with Crippen molar-refractivity contribution in [2.45, 2.75) is 19.9 Å². The minimum atomic E-state index is -0.229. The highest BCUT2D eigenvalue weighted by Crippen LogP contribution is 2.20. The topological polar surface area (TPSA) is 72.7 Å². The van der Waals surface area contributed by atoms with Gasteiger partial charge in [-0.1, -0.05) is 22.7 Å². The van der Waals surface area contributed by atoms with Crippen LogP contribution in [0.15, 0.2) is 41.9 Å². The maximum Gasteiger partial charge on any atom is 0.273 e. The molecule has 0 fully saturated rings. The molecule has 0 aliphatic carbocycles. The van der Waals surface area contributed by atoms with Crippen LogP contribution >= 0.6 is 11.5 Å². The standard InChI is InChI=1S/C15H15N5OS/c1-10(17-15(21)14-9-22-19-18-14)13-8-16-20(11(13)2)12-6-4-3-5-7-12/h3-10H,1-2H3,(H,17,21). The van der Waals surface area contributed by atoms with Crippen molar-refractivity contribution >= 4 is 17.4 Å². The molecule has 3 aromatic rings. The van der Waals surface area contributed by atoms with Crippen molar-refractivity contribution in [2.75, 3.05) is 0 Å². The highest BCUT2D eigenvalue weighted by molar-refractivity contribution is 7.03. The summed E-state index contributed by atoms with van der Waals surface area (Å²) in [5, 5.41) is 12.7. The fourth-order valence-corrected chi connectivity index (χ4v) is 2.73. The van der Waals surface area contributed by atoms with Gasteiger partial charge < -0.3 is 5.32 Å². The number of amides is 1. The van der Waals surface area contributed by atoms with Crippen molar-refractivity contribution in [3.63, 3.8) is 0 Å². The summed E-state index contributed by atoms with van der Waals surface area (Å²) in [6.07, 6.45) is 1.78. The van der Waals surface area contributed by atoms with Gasteiger partial charge in [0.25, 0.3) is 5.91 Å². The largest absolute Gasteiger partial charge is 0.344 e. The predicted octanol–water partition coefficient (Wildman–Crippen LogP) is 2.52. The first-order valence-corrected chi connectivity index (χ1v) is 7.68. The lowest BCUT2D eigenvalue weighted by molar-refractivity contribution is 0.0935. The highest BCUT2D eigenvalue weighted by atomic mass is 32.1. The van der Waals surface area contributed by atoms with Crippen molar-refractivity contribution in [3.05, 3.63) is 58.9 Å². The molecule has 0 bridgehead atoms. The molecule has 22 heavy (non-hydrogen) atoms. The lowest BCUT2D eigenvalue weighted by Crippen LogP contribution is -2.27. The Morgan fingerprint density at radius 2 is 2.09 bits per heavy atom. The Morgan fingerprint density at radius 3 is 2.77 bits per heavy atom. The van der Waals surface area contributed by atoms with Crippen LogP contribution < -0.4 is 5.32 Å². The van der Waals surface area contributed by atoms with E-state index in [1.54, 1.807) is 11.6 Å². The van der Waals surface area contributed by atoms with Gasteiger partial charge in [-0.25, -0.2) is 4.68 Å². The molecule has 1 unspecified atom stereocenters. The van der Waals surface area contributed by atoms with Gasteiger partial charge in [0.15, 0.2) is 5.69 Å². The first-order chi connectivity index (χ1) is 10.7. The molecule has 1 N–H and O–H groups in total. The number of para-hydroxylation sites is 1. The zero-order valence-corrected chi connectivity index (χ0v) is 13.0. The molecule has 0 aliphatic heterocycles. The first kappa shape index (κ1) is 14.4. The molecular weight excluding hydrogens is 298 g/mol. The smallest absolute Gasteiger partial charge is 0.273 e. The molecule has 112 valence electrons. The van der Waals surface area contributed by atoms with E-state index in [2.05, 4.69) is 20.0 Å². The average molecular weight is 313 g/mol. The molecule has 3 rings (SSSR count). The van der Waals surface area contributed by atoms with Crippen LogP contribution in [0.2, 0.25) is 0 Å². The molecule has 0 spiro atoms. The monoisotopic (exact) mass is 313 g/mol. The molecule has 0 radical (unpaired) electrons. The third kappa shape index (κ3) is 2.75. The van der Waals surface area contributed by atoms with E-state index in [-0.39, 0.29) is 11.9 Å². The van der Waals surface area contributed by atoms with E-state index in [0.29, 0.717) is 5.69 Å². The number of carbonyl (C=O) groups excluding carboxylic acids is 1. The van der Waals surface area contributed by atoms with Gasteiger partial charge >= 0.3 is 0 Å². The molecule has 0 saturated heterocycles. The molecular formula is C15H15N5OS. The van der Waals surface area contributed by atoms with Gasteiger partial charge in [0.1, 0.15) is 0 Å². The van der Waals surface area contributed by atoms with E-state index in [4.69, 9.17) is 0 Å². The van der Waals surface area contributed by atoms with Crippen molar-refractivity contribution in [2.24, 2.45) is 0 Å². The number of hydrogen-bond acceptors (Lipinski definition) is 5. The number of hydrogen-bond donors (Lipinski definition) is 1. The van der Waals surface area contributed by atoms with Crippen LogP contribution in [0.1, 0.15) is 34.7 Å². The fourth-order valence-electron chi connectivity index (χ4n) is 2.29. The molecule has 0 saturated carbocycles. The zero-order valence-electron chi connectivity index (χ0n) is 12.2. The average Bonchev–Trinajstić information content (AvgIpc) is 3.17. The molecule has 2 heterocycles. The van der Waals surface area contributed by atoms with E-state index in [1.165, 1.54) is 0 Å². The maximum atomic E-state index is 12.0. The Morgan fingerprint density at radius 1 is 1.32 bits per heavy atom. The first-order valence-electron chi connectivity index (χ1n) is 6.84. The maximum absolute atomic E-state index is 12.0. The molecule has 6 nitrogen and oxygen atoms in total. The lowest BCUT2D eigenvalue weighted by atomic mass is 10.1. The van der Waals surface area contributed by atoms with Crippen molar-refractivity contribution < 1.29 is 4.79 Å². The summed E-state index contributed by atoms with van der Waals surface area (Å²) in [5.74, 6) is -0.229. The summed E-state index contributed by atoms with van der Waals surface area (Å²) in [5.41, 5.74) is 3.30. The second kappa shape index (κ2) is 6.07. The van der Waals surface area contributed by atoms with Crippen molar-refractivity contribution in [3.8, 4) is 5.69 Å². The molecule has 7 heteroatoms. The van der Waals surface area contributed by atoms with Gasteiger partial charge in [0.05, 0.1) is 17.9 Å². The Labute approximate surface area is 132 Å². The second-order valence-corrected chi connectivity index (χ2v) is 5.53. The van der Waals surface area contributed by atoms with E-state index in [9.17, 15) is 4.79 Å². The summed E-state index contributed by atoms with van der Waals surface area (Å²) in [7, 11) is 0. The number of rotatable bonds is 4. The number of nitrogens with one attached hydrogen (secondary N) is 1. The summed E-state index contributed by atoms with van der Waals surface area (Å²) in [6.45, 7) is 3.92. The minimum Gasteiger partial charge on any atom is -0.344 e. The van der Waals surface area contributed by atoms with Crippen LogP contribution in [0.3, 0.4) is 0 Å². The fraction of sp³-hybridized carbons (Fsp3) is 0.200. The Bertz CT molecular complexity index is 767. The van der Waals surface area contributed by atoms with Crippen LogP contribution in [0, 0.1) is 6.92 Å². The van der Waals surface area contributed by atoms with E-state index in [0.717, 1.165) is 28.5 Å². The summed E-state index contributed by atoms with van der Waals surface area (Å²) >= 11 is 1.16. The quantitative estimate of drug-likeness (QED) is 0.803. The van der Waals surface area contributed by atoms with Crippen LogP contribution in [0.5, 0.6) is 0 Å². The number of aromatic nitrogens is 4. The highest BCUT2D eigenvalue weighted by Gasteiger charge is 2.18. The third-order valence-corrected chi connectivity index (χ3v) is 3.96. The van der Waals surface area contributed by atoms with Crippen LogP contribution in [0.4, 0.5) is 0 Å². The molecule has 1 amide bonds. The van der Waals surface area contributed by atoms with E-state index in [1.807, 2.05) is 48.9 Å². The van der Waals surface area contributed by atoms with E-state index >= 15 is 0 Å². The van der Waals surface area contributed by atoms with Crippen LogP contribution in [-0.2, 0) is 0 Å². The van der Waals surface area contributed by atoms with Gasteiger partial charge in [0, 0.05) is 16.6 Å². The van der Waals surface area contributed by atoms with Crippen molar-refractivity contribution in [1.82, 2.24) is 24.7 Å². The van der Waals surface area contributed by atoms with Gasteiger partial charge in [-0.2, -0.15) is 5.10 Å². The Hall–Kier alpha value is -2.54. The van der Waals surface area contributed by atoms with Gasteiger partial charge in [-0.05, 0) is 37.5 Å². The molecule has 1 aromatic carbocycles. The molecule has 0 aliphatic rings. The number of nitrogens with zero attached hydrogens (tertiary/aromatic N) is 4. The van der Waals surface area contributed by atoms with Gasteiger partial charge in [-0.3, -0.25) is 4.79 Å². The Balaban J connectivity index is 1.81. The number of carbonyl (C=O) groups is 1. The molecule has 1 atom stereocenters. The normalized spacial score (nSPS) is 12.1. The minimum absolute atomic E-state index is 0.160. The zero-order chi connectivity index (χ0) is 15.5. The van der Waals surface area contributed by atoms with Gasteiger partial charge in [-0.15, -0.1) is 5.10 Å². The third-order valence-electron chi connectivity index (χ3n) is 3.46. The van der Waals surface area contributed by atoms with Crippen LogP contribution in [0.25, 0.3) is 5.69 Å². The number of benzene rings is 1. The summed E-state index contributed by atoms with van der Waals surface area (Å²) in [6, 6.07) is 9.73. The summed E-state index contributed by atoms with van der Waals surface area (Å²) < 4.78 is 5.56. The Kier molecular flexibility index (Phi) is 3.97.